The normalized spacial score (nSPS) is 10.6. The first-order valence-electron chi connectivity index (χ1n) is 3.32. The highest BCUT2D eigenvalue weighted by Gasteiger charge is 2.25. The second-order valence-electron chi connectivity index (χ2n) is 2.32. The molecule has 5 nitrogen and oxygen atoms in total. The summed E-state index contributed by atoms with van der Waals surface area (Å²) in [5.74, 6) is -2.17. The summed E-state index contributed by atoms with van der Waals surface area (Å²) >= 11 is 0. The van der Waals surface area contributed by atoms with Crippen LogP contribution in [0.25, 0.3) is 0 Å². The molecule has 0 amide bonds. The molecule has 0 saturated carbocycles. The number of anilines is 1. The van der Waals surface area contributed by atoms with Crippen molar-refractivity contribution in [2.45, 2.75) is 6.43 Å². The van der Waals surface area contributed by atoms with Gasteiger partial charge in [-0.1, -0.05) is 0 Å². The lowest BCUT2D eigenvalue weighted by atomic mass is 10.3. The van der Waals surface area contributed by atoms with E-state index in [1.165, 1.54) is 0 Å². The third kappa shape index (κ3) is 1.73. The zero-order valence-corrected chi connectivity index (χ0v) is 6.58. The van der Waals surface area contributed by atoms with Crippen LogP contribution in [0.2, 0.25) is 0 Å². The number of halogens is 3. The largest absolute Gasteiger partial charge is 0.383 e. The van der Waals surface area contributed by atoms with E-state index >= 15 is 0 Å². The lowest BCUT2D eigenvalue weighted by Crippen LogP contribution is -2.04. The molecule has 2 N–H and O–H groups in total. The lowest BCUT2D eigenvalue weighted by molar-refractivity contribution is -0.387. The van der Waals surface area contributed by atoms with Crippen LogP contribution in [0.15, 0.2) is 6.07 Å². The van der Waals surface area contributed by atoms with Gasteiger partial charge in [0.1, 0.15) is 5.82 Å². The standard InChI is InChI=1S/C6H4F3N3O2/c7-4-2(12(13)14)1-3(10)11-5(4)6(8)9/h1,6H,(H2,10,11). The summed E-state index contributed by atoms with van der Waals surface area (Å²) in [4.78, 5) is 12.0. The van der Waals surface area contributed by atoms with Gasteiger partial charge in [0.2, 0.25) is 5.82 Å². The first-order chi connectivity index (χ1) is 6.43. The molecule has 76 valence electrons. The number of alkyl halides is 2. The first-order valence-corrected chi connectivity index (χ1v) is 3.32. The smallest absolute Gasteiger partial charge is 0.310 e. The number of nitrogens with zero attached hydrogens (tertiary/aromatic N) is 2. The molecule has 0 bridgehead atoms. The monoisotopic (exact) mass is 207 g/mol. The fraction of sp³-hybridized carbons (Fsp3) is 0.167. The Morgan fingerprint density at radius 2 is 2.14 bits per heavy atom. The summed E-state index contributed by atoms with van der Waals surface area (Å²) in [5, 5.41) is 10.2. The number of rotatable bonds is 2. The molecule has 0 radical (unpaired) electrons. The molecule has 0 aliphatic rings. The van der Waals surface area contributed by atoms with Crippen LogP contribution < -0.4 is 5.73 Å². The number of hydrogen-bond donors (Lipinski definition) is 1. The fourth-order valence-electron chi connectivity index (χ4n) is 0.833. The summed E-state index contributed by atoms with van der Waals surface area (Å²) in [6.07, 6.45) is -3.24. The van der Waals surface area contributed by atoms with Gasteiger partial charge in [0, 0.05) is 0 Å². The van der Waals surface area contributed by atoms with Gasteiger partial charge in [-0.05, 0) is 0 Å². The average molecular weight is 207 g/mol. The van der Waals surface area contributed by atoms with E-state index in [2.05, 4.69) is 4.98 Å². The summed E-state index contributed by atoms with van der Waals surface area (Å²) in [6.45, 7) is 0. The molecular formula is C6H4F3N3O2. The first kappa shape index (κ1) is 10.2. The van der Waals surface area contributed by atoms with Gasteiger partial charge in [-0.3, -0.25) is 10.1 Å². The number of nitrogens with two attached hydrogens (primary N) is 1. The summed E-state index contributed by atoms with van der Waals surface area (Å²) in [6, 6.07) is 0.585. The zero-order valence-electron chi connectivity index (χ0n) is 6.58. The van der Waals surface area contributed by atoms with Gasteiger partial charge in [-0.2, -0.15) is 4.39 Å². The van der Waals surface area contributed by atoms with Crippen molar-refractivity contribution in [1.29, 1.82) is 0 Å². The molecule has 0 spiro atoms. The molecule has 1 rings (SSSR count). The van der Waals surface area contributed by atoms with Gasteiger partial charge >= 0.3 is 5.69 Å². The predicted molar refractivity (Wildman–Crippen MR) is 40.2 cm³/mol. The van der Waals surface area contributed by atoms with Crippen LogP contribution in [-0.4, -0.2) is 9.91 Å². The molecule has 0 atom stereocenters. The molecule has 8 heteroatoms. The van der Waals surface area contributed by atoms with Crippen molar-refractivity contribution in [3.63, 3.8) is 0 Å². The van der Waals surface area contributed by atoms with Gasteiger partial charge in [-0.25, -0.2) is 13.8 Å². The van der Waals surface area contributed by atoms with Gasteiger partial charge in [-0.15, -0.1) is 0 Å². The summed E-state index contributed by atoms with van der Waals surface area (Å²) in [5.41, 5.74) is 2.58. The molecule has 0 fully saturated rings. The Labute approximate surface area is 75.5 Å². The average Bonchev–Trinajstić information content (AvgIpc) is 2.07. The molecule has 1 aromatic heterocycles. The number of nitro groups is 1. The number of aromatic nitrogens is 1. The van der Waals surface area contributed by atoms with Crippen LogP contribution in [0.4, 0.5) is 24.7 Å². The van der Waals surface area contributed by atoms with Gasteiger partial charge < -0.3 is 5.73 Å². The Morgan fingerprint density at radius 3 is 2.57 bits per heavy atom. The molecular weight excluding hydrogens is 203 g/mol. The highest BCUT2D eigenvalue weighted by Crippen LogP contribution is 2.27. The van der Waals surface area contributed by atoms with E-state index in [1.807, 2.05) is 0 Å². The van der Waals surface area contributed by atoms with E-state index in [4.69, 9.17) is 5.73 Å². The van der Waals surface area contributed by atoms with Gasteiger partial charge in [0.05, 0.1) is 11.0 Å². The molecule has 14 heavy (non-hydrogen) atoms. The highest BCUT2D eigenvalue weighted by molar-refractivity contribution is 5.44. The minimum Gasteiger partial charge on any atom is -0.383 e. The molecule has 1 heterocycles. The van der Waals surface area contributed by atoms with Crippen molar-refractivity contribution in [3.8, 4) is 0 Å². The molecule has 0 aliphatic heterocycles. The van der Waals surface area contributed by atoms with E-state index < -0.39 is 34.4 Å². The molecule has 0 saturated heterocycles. The van der Waals surface area contributed by atoms with Crippen LogP contribution in [0.1, 0.15) is 12.1 Å². The molecule has 0 unspecified atom stereocenters. The SMILES string of the molecule is Nc1cc([N+](=O)[O-])c(F)c(C(F)F)n1. The zero-order chi connectivity index (χ0) is 10.9. The van der Waals surface area contributed by atoms with E-state index in [9.17, 15) is 23.3 Å². The summed E-state index contributed by atoms with van der Waals surface area (Å²) < 4.78 is 37.1. The van der Waals surface area contributed by atoms with Crippen molar-refractivity contribution >= 4 is 11.5 Å². The topological polar surface area (TPSA) is 82.0 Å². The quantitative estimate of drug-likeness (QED) is 0.590. The van der Waals surface area contributed by atoms with Crippen LogP contribution >= 0.6 is 0 Å². The maximum absolute atomic E-state index is 12.9. The minimum absolute atomic E-state index is 0.520. The van der Waals surface area contributed by atoms with E-state index in [0.717, 1.165) is 0 Å². The highest BCUT2D eigenvalue weighted by atomic mass is 19.3. The predicted octanol–water partition coefficient (Wildman–Crippen LogP) is 1.65. The Hall–Kier alpha value is -1.86. The van der Waals surface area contributed by atoms with Crippen molar-refractivity contribution < 1.29 is 18.1 Å². The molecule has 1 aromatic rings. The van der Waals surface area contributed by atoms with Crippen molar-refractivity contribution in [1.82, 2.24) is 4.98 Å². The van der Waals surface area contributed by atoms with Crippen LogP contribution in [-0.2, 0) is 0 Å². The molecule has 0 aliphatic carbocycles. The van der Waals surface area contributed by atoms with E-state index in [1.54, 1.807) is 0 Å². The number of hydrogen-bond acceptors (Lipinski definition) is 4. The summed E-state index contributed by atoms with van der Waals surface area (Å²) in [7, 11) is 0. The van der Waals surface area contributed by atoms with Crippen LogP contribution in [0, 0.1) is 15.9 Å². The fourth-order valence-corrected chi connectivity index (χ4v) is 0.833. The van der Waals surface area contributed by atoms with Crippen molar-refractivity contribution in [2.24, 2.45) is 0 Å². The van der Waals surface area contributed by atoms with Gasteiger partial charge in [0.15, 0.2) is 5.69 Å². The van der Waals surface area contributed by atoms with Crippen molar-refractivity contribution in [2.75, 3.05) is 5.73 Å². The third-order valence-electron chi connectivity index (χ3n) is 1.39. The molecule has 0 aromatic carbocycles. The Morgan fingerprint density at radius 1 is 1.57 bits per heavy atom. The second-order valence-corrected chi connectivity index (χ2v) is 2.32. The maximum Gasteiger partial charge on any atom is 0.310 e. The lowest BCUT2D eigenvalue weighted by Gasteiger charge is -2.02. The number of pyridine rings is 1. The maximum atomic E-state index is 12.9. The Kier molecular flexibility index (Phi) is 2.54. The second kappa shape index (κ2) is 3.48. The Bertz CT molecular complexity index is 383. The van der Waals surface area contributed by atoms with E-state index in [0.29, 0.717) is 6.07 Å². The van der Waals surface area contributed by atoms with Crippen LogP contribution in [0.5, 0.6) is 0 Å². The minimum atomic E-state index is -3.24. The Balaban J connectivity index is 3.40. The number of nitrogen functional groups attached to an aromatic ring is 1. The third-order valence-corrected chi connectivity index (χ3v) is 1.39. The van der Waals surface area contributed by atoms with E-state index in [-0.39, 0.29) is 0 Å². The van der Waals surface area contributed by atoms with Crippen molar-refractivity contribution in [3.05, 3.63) is 27.7 Å². The van der Waals surface area contributed by atoms with Gasteiger partial charge in [0.25, 0.3) is 6.43 Å². The van der Waals surface area contributed by atoms with Crippen LogP contribution in [0.3, 0.4) is 0 Å².